The molecule has 96 valence electrons. The van der Waals surface area contributed by atoms with Gasteiger partial charge in [0.2, 0.25) is 5.95 Å². The number of imidazole rings is 1. The van der Waals surface area contributed by atoms with E-state index < -0.39 is 0 Å². The lowest BCUT2D eigenvalue weighted by Crippen LogP contribution is -1.96. The van der Waals surface area contributed by atoms with Crippen molar-refractivity contribution in [1.29, 1.82) is 0 Å². The van der Waals surface area contributed by atoms with Crippen LogP contribution in [0.1, 0.15) is 19.4 Å². The highest BCUT2D eigenvalue weighted by molar-refractivity contribution is 9.10. The average Bonchev–Trinajstić information content (AvgIpc) is 2.57. The molecule has 2 rings (SSSR count). The van der Waals surface area contributed by atoms with Crippen LogP contribution in [0.15, 0.2) is 28.9 Å². The number of rotatable bonds is 3. The van der Waals surface area contributed by atoms with E-state index in [1.54, 1.807) is 0 Å². The highest BCUT2D eigenvalue weighted by Crippen LogP contribution is 2.29. The number of nitrogens with zero attached hydrogens (tertiary/aromatic N) is 2. The zero-order valence-electron chi connectivity index (χ0n) is 10.9. The van der Waals surface area contributed by atoms with Gasteiger partial charge in [-0.25, -0.2) is 4.98 Å². The Balaban J connectivity index is 2.31. The van der Waals surface area contributed by atoms with Crippen LogP contribution < -0.4 is 5.73 Å². The van der Waals surface area contributed by atoms with Crippen LogP contribution in [0.2, 0.25) is 0 Å². The van der Waals surface area contributed by atoms with E-state index in [2.05, 4.69) is 59.0 Å². The van der Waals surface area contributed by atoms with Gasteiger partial charge in [-0.05, 0) is 33.8 Å². The average molecular weight is 308 g/mol. The van der Waals surface area contributed by atoms with Gasteiger partial charge in [-0.2, -0.15) is 0 Å². The summed E-state index contributed by atoms with van der Waals surface area (Å²) in [5.41, 5.74) is 9.13. The second-order valence-corrected chi connectivity index (χ2v) is 5.71. The fourth-order valence-corrected chi connectivity index (χ4v) is 2.45. The molecule has 1 heterocycles. The molecule has 1 aromatic heterocycles. The van der Waals surface area contributed by atoms with Gasteiger partial charge in [0.15, 0.2) is 0 Å². The van der Waals surface area contributed by atoms with Crippen LogP contribution in [0.5, 0.6) is 0 Å². The molecule has 0 unspecified atom stereocenters. The highest BCUT2D eigenvalue weighted by Gasteiger charge is 2.12. The van der Waals surface area contributed by atoms with E-state index in [4.69, 9.17) is 5.73 Å². The van der Waals surface area contributed by atoms with Crippen LogP contribution in [-0.2, 0) is 13.5 Å². The molecule has 1 aromatic carbocycles. The third-order valence-corrected chi connectivity index (χ3v) is 3.84. The van der Waals surface area contributed by atoms with Crippen molar-refractivity contribution in [2.75, 3.05) is 5.73 Å². The highest BCUT2D eigenvalue weighted by atomic mass is 79.9. The Hall–Kier alpha value is -1.29. The number of hydrogen-bond acceptors (Lipinski definition) is 2. The third-order valence-electron chi connectivity index (χ3n) is 2.93. The lowest BCUT2D eigenvalue weighted by atomic mass is 10.0. The molecule has 3 nitrogen and oxygen atoms in total. The second kappa shape index (κ2) is 5.14. The van der Waals surface area contributed by atoms with Crippen molar-refractivity contribution in [1.82, 2.24) is 9.55 Å². The van der Waals surface area contributed by atoms with Gasteiger partial charge in [-0.1, -0.05) is 38.1 Å². The summed E-state index contributed by atoms with van der Waals surface area (Å²) in [6.07, 6.45) is 1.10. The van der Waals surface area contributed by atoms with Crippen LogP contribution >= 0.6 is 15.9 Å². The number of halogens is 1. The molecule has 0 saturated carbocycles. The summed E-state index contributed by atoms with van der Waals surface area (Å²) >= 11 is 3.52. The molecule has 0 radical (unpaired) electrons. The predicted molar refractivity (Wildman–Crippen MR) is 79.3 cm³/mol. The summed E-state index contributed by atoms with van der Waals surface area (Å²) in [4.78, 5) is 4.36. The number of aromatic nitrogens is 2. The van der Waals surface area contributed by atoms with Crippen molar-refractivity contribution in [3.8, 4) is 11.3 Å². The Kier molecular flexibility index (Phi) is 3.76. The molecule has 0 fully saturated rings. The molecule has 18 heavy (non-hydrogen) atoms. The van der Waals surface area contributed by atoms with Crippen molar-refractivity contribution in [2.24, 2.45) is 13.0 Å². The van der Waals surface area contributed by atoms with Gasteiger partial charge in [0, 0.05) is 12.6 Å². The molecule has 0 aliphatic rings. The molecule has 0 amide bonds. The van der Waals surface area contributed by atoms with Gasteiger partial charge in [0.1, 0.15) is 10.3 Å². The fourth-order valence-electron chi connectivity index (χ4n) is 1.95. The molecule has 0 aliphatic heterocycles. The molecule has 0 atom stereocenters. The molecule has 0 spiro atoms. The molecule has 0 saturated heterocycles. The van der Waals surface area contributed by atoms with Crippen molar-refractivity contribution < 1.29 is 0 Å². The number of nitrogen functional groups attached to an aromatic ring is 1. The monoisotopic (exact) mass is 307 g/mol. The minimum absolute atomic E-state index is 0.517. The summed E-state index contributed by atoms with van der Waals surface area (Å²) in [7, 11) is 1.89. The zero-order valence-corrected chi connectivity index (χ0v) is 12.5. The first-order valence-corrected chi connectivity index (χ1v) is 6.85. The maximum Gasteiger partial charge on any atom is 0.201 e. The van der Waals surface area contributed by atoms with Gasteiger partial charge >= 0.3 is 0 Å². The molecular formula is C14H18BrN3. The first kappa shape index (κ1) is 13.1. The first-order valence-electron chi connectivity index (χ1n) is 6.06. The summed E-state index contributed by atoms with van der Waals surface area (Å²) in [5.74, 6) is 1.19. The van der Waals surface area contributed by atoms with Gasteiger partial charge in [-0.3, -0.25) is 0 Å². The maximum atomic E-state index is 5.80. The Labute approximate surface area is 116 Å². The van der Waals surface area contributed by atoms with Crippen LogP contribution in [0.3, 0.4) is 0 Å². The molecule has 2 N–H and O–H groups in total. The van der Waals surface area contributed by atoms with Gasteiger partial charge in [-0.15, -0.1) is 0 Å². The van der Waals surface area contributed by atoms with Crippen molar-refractivity contribution >= 4 is 21.9 Å². The quantitative estimate of drug-likeness (QED) is 0.941. The largest absolute Gasteiger partial charge is 0.369 e. The van der Waals surface area contributed by atoms with Crippen LogP contribution in [0.4, 0.5) is 5.95 Å². The number of nitrogens with two attached hydrogens (primary N) is 1. The maximum absolute atomic E-state index is 5.80. The van der Waals surface area contributed by atoms with E-state index in [1.807, 2.05) is 11.6 Å². The first-order chi connectivity index (χ1) is 8.49. The summed E-state index contributed by atoms with van der Waals surface area (Å²) in [6, 6.07) is 8.52. The lowest BCUT2D eigenvalue weighted by molar-refractivity contribution is 0.647. The van der Waals surface area contributed by atoms with E-state index in [1.165, 1.54) is 5.56 Å². The Morgan fingerprint density at radius 1 is 1.28 bits per heavy atom. The molecule has 0 bridgehead atoms. The number of benzene rings is 1. The smallest absolute Gasteiger partial charge is 0.201 e. The van der Waals surface area contributed by atoms with Gasteiger partial charge < -0.3 is 10.3 Å². The van der Waals surface area contributed by atoms with Crippen molar-refractivity contribution in [3.63, 3.8) is 0 Å². The Morgan fingerprint density at radius 2 is 1.89 bits per heavy atom. The normalized spacial score (nSPS) is 11.2. The predicted octanol–water partition coefficient (Wildman–Crippen LogP) is 3.63. The molecule has 2 aromatic rings. The van der Waals surface area contributed by atoms with E-state index >= 15 is 0 Å². The van der Waals surface area contributed by atoms with E-state index in [9.17, 15) is 0 Å². The van der Waals surface area contributed by atoms with Crippen molar-refractivity contribution in [3.05, 3.63) is 34.4 Å². The minimum atomic E-state index is 0.517. The molecule has 0 aliphatic carbocycles. The van der Waals surface area contributed by atoms with E-state index in [0.717, 1.165) is 22.3 Å². The van der Waals surface area contributed by atoms with Crippen LogP contribution in [0, 0.1) is 5.92 Å². The molecular weight excluding hydrogens is 290 g/mol. The fraction of sp³-hybridized carbons (Fsp3) is 0.357. The topological polar surface area (TPSA) is 43.8 Å². The summed E-state index contributed by atoms with van der Waals surface area (Å²) in [6.45, 7) is 4.45. The standard InChI is InChI=1S/C14H18BrN3/c1-9(2)8-10-4-6-11(7-5-10)12-13(15)18(3)14(16)17-12/h4-7,9H,8H2,1-3H3,(H2,16,17). The number of anilines is 1. The molecule has 4 heteroatoms. The van der Waals surface area contributed by atoms with Crippen LogP contribution in [0.25, 0.3) is 11.3 Å². The van der Waals surface area contributed by atoms with Crippen LogP contribution in [-0.4, -0.2) is 9.55 Å². The van der Waals surface area contributed by atoms with E-state index in [-0.39, 0.29) is 0 Å². The number of hydrogen-bond donors (Lipinski definition) is 1. The van der Waals surface area contributed by atoms with Gasteiger partial charge in [0.25, 0.3) is 0 Å². The minimum Gasteiger partial charge on any atom is -0.369 e. The van der Waals surface area contributed by atoms with Crippen molar-refractivity contribution in [2.45, 2.75) is 20.3 Å². The summed E-state index contributed by atoms with van der Waals surface area (Å²) < 4.78 is 2.74. The Morgan fingerprint density at radius 3 is 2.33 bits per heavy atom. The second-order valence-electron chi connectivity index (χ2n) is 4.96. The summed E-state index contributed by atoms with van der Waals surface area (Å²) in [5, 5.41) is 0. The Bertz CT molecular complexity index is 541. The van der Waals surface area contributed by atoms with Gasteiger partial charge in [0.05, 0.1) is 0 Å². The lowest BCUT2D eigenvalue weighted by Gasteiger charge is -2.05. The van der Waals surface area contributed by atoms with E-state index in [0.29, 0.717) is 11.9 Å². The third kappa shape index (κ3) is 2.58. The zero-order chi connectivity index (χ0) is 13.3. The SMILES string of the molecule is CC(C)Cc1ccc(-c2nc(N)n(C)c2Br)cc1.